The third-order valence-electron chi connectivity index (χ3n) is 3.91. The molecule has 0 saturated heterocycles. The average molecular weight is 271 g/mol. The van der Waals surface area contributed by atoms with Crippen molar-refractivity contribution in [2.24, 2.45) is 5.92 Å². The van der Waals surface area contributed by atoms with Crippen LogP contribution in [0.15, 0.2) is 41.8 Å². The van der Waals surface area contributed by atoms with Gasteiger partial charge in [0.1, 0.15) is 0 Å². The first-order valence-corrected chi connectivity index (χ1v) is 7.98. The quantitative estimate of drug-likeness (QED) is 0.819. The molecule has 1 fully saturated rings. The number of nitrogens with one attached hydrogen (secondary N) is 1. The molecule has 0 aliphatic heterocycles. The molecular formula is C17H21NS. The van der Waals surface area contributed by atoms with Gasteiger partial charge in [-0.1, -0.05) is 35.9 Å². The lowest BCUT2D eigenvalue weighted by atomic mass is 10.0. The molecule has 1 saturated carbocycles. The van der Waals surface area contributed by atoms with Crippen molar-refractivity contribution in [1.82, 2.24) is 5.32 Å². The Morgan fingerprint density at radius 3 is 2.68 bits per heavy atom. The maximum absolute atomic E-state index is 3.84. The van der Waals surface area contributed by atoms with Gasteiger partial charge in [-0.2, -0.15) is 0 Å². The summed E-state index contributed by atoms with van der Waals surface area (Å²) in [6, 6.07) is 14.2. The zero-order chi connectivity index (χ0) is 13.2. The van der Waals surface area contributed by atoms with Gasteiger partial charge in [-0.25, -0.2) is 0 Å². The summed E-state index contributed by atoms with van der Waals surface area (Å²) in [5.74, 6) is 0.839. The van der Waals surface area contributed by atoms with Crippen LogP contribution in [0.1, 0.15) is 47.9 Å². The summed E-state index contributed by atoms with van der Waals surface area (Å²) in [5, 5.41) is 6.02. The summed E-state index contributed by atoms with van der Waals surface area (Å²) in [6.07, 6.45) is 2.74. The number of benzene rings is 1. The van der Waals surface area contributed by atoms with Crippen LogP contribution in [-0.4, -0.2) is 0 Å². The Kier molecular flexibility index (Phi) is 3.72. The highest BCUT2D eigenvalue weighted by atomic mass is 32.1. The topological polar surface area (TPSA) is 12.0 Å². The summed E-state index contributed by atoms with van der Waals surface area (Å²) in [5.41, 5.74) is 2.73. The smallest absolute Gasteiger partial charge is 0.0448 e. The van der Waals surface area contributed by atoms with Gasteiger partial charge >= 0.3 is 0 Å². The van der Waals surface area contributed by atoms with Crippen molar-refractivity contribution in [2.75, 3.05) is 0 Å². The Hall–Kier alpha value is -1.12. The summed E-state index contributed by atoms with van der Waals surface area (Å²) in [6.45, 7) is 4.44. The lowest BCUT2D eigenvalue weighted by Gasteiger charge is -2.23. The Morgan fingerprint density at radius 1 is 1.21 bits per heavy atom. The largest absolute Gasteiger partial charge is 0.302 e. The molecule has 0 spiro atoms. The van der Waals surface area contributed by atoms with Crippen molar-refractivity contribution in [3.05, 3.63) is 57.8 Å². The third-order valence-corrected chi connectivity index (χ3v) is 4.87. The first kappa shape index (κ1) is 12.9. The monoisotopic (exact) mass is 271 g/mol. The van der Waals surface area contributed by atoms with E-state index in [1.807, 2.05) is 11.3 Å². The van der Waals surface area contributed by atoms with Crippen LogP contribution in [0.2, 0.25) is 0 Å². The molecule has 1 nitrogen and oxygen atoms in total. The van der Waals surface area contributed by atoms with Crippen molar-refractivity contribution < 1.29 is 0 Å². The van der Waals surface area contributed by atoms with Gasteiger partial charge in [-0.15, -0.1) is 11.3 Å². The van der Waals surface area contributed by atoms with Crippen LogP contribution in [0, 0.1) is 12.8 Å². The molecule has 1 heterocycles. The van der Waals surface area contributed by atoms with Crippen LogP contribution in [0.5, 0.6) is 0 Å². The molecule has 1 N–H and O–H groups in total. The van der Waals surface area contributed by atoms with Crippen molar-refractivity contribution in [1.29, 1.82) is 0 Å². The molecule has 100 valence electrons. The normalized spacial score (nSPS) is 18.2. The van der Waals surface area contributed by atoms with Gasteiger partial charge in [0.25, 0.3) is 0 Å². The van der Waals surface area contributed by atoms with Crippen molar-refractivity contribution in [3.63, 3.8) is 0 Å². The van der Waals surface area contributed by atoms with E-state index in [2.05, 4.69) is 60.9 Å². The SMILES string of the molecule is Cc1cccc([C@@H](C)NC(c2cccs2)C2CC2)c1. The van der Waals surface area contributed by atoms with Crippen LogP contribution in [0.4, 0.5) is 0 Å². The minimum atomic E-state index is 0.410. The second-order valence-electron chi connectivity index (χ2n) is 5.63. The number of aryl methyl sites for hydroxylation is 1. The summed E-state index contributed by atoms with van der Waals surface area (Å²) >= 11 is 1.88. The molecule has 1 aliphatic carbocycles. The van der Waals surface area contributed by atoms with E-state index < -0.39 is 0 Å². The fourth-order valence-corrected chi connectivity index (χ4v) is 3.53. The van der Waals surface area contributed by atoms with E-state index >= 15 is 0 Å². The molecule has 0 bridgehead atoms. The summed E-state index contributed by atoms with van der Waals surface area (Å²) in [7, 11) is 0. The standard InChI is InChI=1S/C17H21NS/c1-12-5-3-6-15(11-12)13(2)18-17(14-8-9-14)16-7-4-10-19-16/h3-7,10-11,13-14,17-18H,8-9H2,1-2H3/t13-,17?/m1/s1. The first-order valence-electron chi connectivity index (χ1n) is 7.10. The van der Waals surface area contributed by atoms with E-state index in [0.717, 1.165) is 5.92 Å². The van der Waals surface area contributed by atoms with E-state index in [-0.39, 0.29) is 0 Å². The minimum absolute atomic E-state index is 0.410. The van der Waals surface area contributed by atoms with Gasteiger partial charge in [0, 0.05) is 17.0 Å². The second-order valence-corrected chi connectivity index (χ2v) is 6.61. The molecule has 2 atom stereocenters. The number of hydrogen-bond acceptors (Lipinski definition) is 2. The second kappa shape index (κ2) is 5.48. The molecule has 3 rings (SSSR count). The fraction of sp³-hybridized carbons (Fsp3) is 0.412. The Balaban J connectivity index is 1.75. The molecule has 19 heavy (non-hydrogen) atoms. The minimum Gasteiger partial charge on any atom is -0.302 e. The zero-order valence-corrected chi connectivity index (χ0v) is 12.4. The Bertz CT molecular complexity index is 528. The molecule has 2 aromatic rings. The molecule has 0 radical (unpaired) electrons. The highest BCUT2D eigenvalue weighted by Crippen LogP contribution is 2.43. The maximum atomic E-state index is 3.84. The zero-order valence-electron chi connectivity index (χ0n) is 11.6. The highest BCUT2D eigenvalue weighted by Gasteiger charge is 2.33. The van der Waals surface area contributed by atoms with Gasteiger partial charge in [-0.05, 0) is 49.6 Å². The first-order chi connectivity index (χ1) is 9.24. The van der Waals surface area contributed by atoms with E-state index in [9.17, 15) is 0 Å². The predicted octanol–water partition coefficient (Wildman–Crippen LogP) is 4.86. The fourth-order valence-electron chi connectivity index (χ4n) is 2.65. The van der Waals surface area contributed by atoms with E-state index in [4.69, 9.17) is 0 Å². The van der Waals surface area contributed by atoms with Gasteiger partial charge < -0.3 is 5.32 Å². The number of thiophene rings is 1. The van der Waals surface area contributed by atoms with Crippen LogP contribution in [-0.2, 0) is 0 Å². The summed E-state index contributed by atoms with van der Waals surface area (Å²) in [4.78, 5) is 1.49. The van der Waals surface area contributed by atoms with Crippen molar-refractivity contribution in [2.45, 2.75) is 38.8 Å². The van der Waals surface area contributed by atoms with Gasteiger partial charge in [0.05, 0.1) is 0 Å². The molecule has 1 unspecified atom stereocenters. The summed E-state index contributed by atoms with van der Waals surface area (Å²) < 4.78 is 0. The van der Waals surface area contributed by atoms with Gasteiger partial charge in [0.2, 0.25) is 0 Å². The van der Waals surface area contributed by atoms with E-state index in [1.54, 1.807) is 0 Å². The van der Waals surface area contributed by atoms with Gasteiger partial charge in [-0.3, -0.25) is 0 Å². The highest BCUT2D eigenvalue weighted by molar-refractivity contribution is 7.10. The third kappa shape index (κ3) is 3.07. The number of rotatable bonds is 5. The Labute approximate surface area is 119 Å². The lowest BCUT2D eigenvalue weighted by Crippen LogP contribution is -2.25. The van der Waals surface area contributed by atoms with Crippen LogP contribution < -0.4 is 5.32 Å². The Morgan fingerprint density at radius 2 is 2.05 bits per heavy atom. The lowest BCUT2D eigenvalue weighted by molar-refractivity contribution is 0.433. The van der Waals surface area contributed by atoms with E-state index in [0.29, 0.717) is 12.1 Å². The molecule has 0 amide bonds. The molecule has 2 heteroatoms. The maximum Gasteiger partial charge on any atom is 0.0448 e. The molecular weight excluding hydrogens is 250 g/mol. The average Bonchev–Trinajstić information content (AvgIpc) is 3.10. The molecule has 1 aromatic carbocycles. The van der Waals surface area contributed by atoms with E-state index in [1.165, 1.54) is 28.8 Å². The number of hydrogen-bond donors (Lipinski definition) is 1. The predicted molar refractivity (Wildman–Crippen MR) is 82.5 cm³/mol. The van der Waals surface area contributed by atoms with Crippen molar-refractivity contribution in [3.8, 4) is 0 Å². The van der Waals surface area contributed by atoms with Crippen LogP contribution >= 0.6 is 11.3 Å². The molecule has 1 aliphatic rings. The van der Waals surface area contributed by atoms with Crippen LogP contribution in [0.25, 0.3) is 0 Å². The molecule has 1 aromatic heterocycles. The van der Waals surface area contributed by atoms with Crippen LogP contribution in [0.3, 0.4) is 0 Å². The van der Waals surface area contributed by atoms with Gasteiger partial charge in [0.15, 0.2) is 0 Å². The van der Waals surface area contributed by atoms with Crippen molar-refractivity contribution >= 4 is 11.3 Å².